The number of anilines is 1. The van der Waals surface area contributed by atoms with Gasteiger partial charge in [0.05, 0.1) is 20.6 Å². The molecule has 112 valence electrons. The predicted octanol–water partition coefficient (Wildman–Crippen LogP) is 4.20. The minimum absolute atomic E-state index is 0.207. The second-order valence-corrected chi connectivity index (χ2v) is 6.26. The van der Waals surface area contributed by atoms with Gasteiger partial charge in [-0.2, -0.15) is 9.78 Å². The van der Waals surface area contributed by atoms with Gasteiger partial charge < -0.3 is 5.32 Å². The normalized spacial score (nSPS) is 10.7. The highest BCUT2D eigenvalue weighted by Gasteiger charge is 2.15. The maximum Gasteiger partial charge on any atom is 0.266 e. The van der Waals surface area contributed by atoms with Gasteiger partial charge in [-0.1, -0.05) is 29.3 Å². The highest BCUT2D eigenvalue weighted by atomic mass is 35.5. The first-order valence-electron chi connectivity index (χ1n) is 6.27. The third-order valence-corrected chi connectivity index (χ3v) is 4.16. The molecule has 0 atom stereocenters. The zero-order valence-corrected chi connectivity index (χ0v) is 13.7. The topological polar surface area (TPSA) is 59.8 Å². The maximum atomic E-state index is 12.2. The number of hydrogen-bond donors (Lipinski definition) is 1. The Kier molecular flexibility index (Phi) is 4.15. The van der Waals surface area contributed by atoms with Gasteiger partial charge in [0, 0.05) is 12.3 Å². The van der Waals surface area contributed by atoms with Crippen LogP contribution < -0.4 is 5.32 Å². The summed E-state index contributed by atoms with van der Waals surface area (Å²) < 4.78 is 1.49. The smallest absolute Gasteiger partial charge is 0.266 e. The molecule has 3 rings (SSSR count). The van der Waals surface area contributed by atoms with Crippen molar-refractivity contribution in [2.75, 3.05) is 5.32 Å². The lowest BCUT2D eigenvalue weighted by molar-refractivity contribution is 0.103. The number of carbonyl (C=O) groups is 1. The summed E-state index contributed by atoms with van der Waals surface area (Å²) in [5.41, 5.74) is 0.731. The van der Waals surface area contributed by atoms with E-state index in [4.69, 9.17) is 23.2 Å². The van der Waals surface area contributed by atoms with E-state index in [1.807, 2.05) is 18.4 Å². The van der Waals surface area contributed by atoms with Crippen molar-refractivity contribution in [1.82, 2.24) is 14.8 Å². The van der Waals surface area contributed by atoms with E-state index in [2.05, 4.69) is 15.4 Å². The first-order valence-corrected chi connectivity index (χ1v) is 7.91. The summed E-state index contributed by atoms with van der Waals surface area (Å²) in [6.45, 7) is 1.82. The lowest BCUT2D eigenvalue weighted by Gasteiger charge is -2.09. The fourth-order valence-corrected chi connectivity index (χ4v) is 2.98. The number of halogens is 2. The highest BCUT2D eigenvalue weighted by molar-refractivity contribution is 7.12. The van der Waals surface area contributed by atoms with Crippen molar-refractivity contribution in [3.63, 3.8) is 0 Å². The number of nitrogens with zero attached hydrogens (tertiary/aromatic N) is 3. The van der Waals surface area contributed by atoms with E-state index < -0.39 is 0 Å². The van der Waals surface area contributed by atoms with Gasteiger partial charge in [0.25, 0.3) is 5.91 Å². The molecule has 3 aromatic heterocycles. The zero-order chi connectivity index (χ0) is 15.7. The van der Waals surface area contributed by atoms with Crippen molar-refractivity contribution in [2.45, 2.75) is 6.92 Å². The predicted molar refractivity (Wildman–Crippen MR) is 88.4 cm³/mol. The molecule has 0 saturated heterocycles. The Morgan fingerprint density at radius 2 is 2.18 bits per heavy atom. The molecule has 0 aliphatic rings. The van der Waals surface area contributed by atoms with Crippen LogP contribution in [0.25, 0.3) is 5.82 Å². The molecular weight excluding hydrogens is 343 g/mol. The lowest BCUT2D eigenvalue weighted by Crippen LogP contribution is -2.14. The van der Waals surface area contributed by atoms with Crippen molar-refractivity contribution in [2.24, 2.45) is 0 Å². The summed E-state index contributed by atoms with van der Waals surface area (Å²) >= 11 is 13.4. The minimum atomic E-state index is -0.207. The first-order chi connectivity index (χ1) is 10.5. The van der Waals surface area contributed by atoms with E-state index in [1.54, 1.807) is 18.2 Å². The van der Waals surface area contributed by atoms with Gasteiger partial charge in [0.2, 0.25) is 0 Å². The lowest BCUT2D eigenvalue weighted by atomic mass is 10.4. The van der Waals surface area contributed by atoms with Crippen LogP contribution in [-0.2, 0) is 0 Å². The molecule has 0 aliphatic heterocycles. The van der Waals surface area contributed by atoms with Crippen LogP contribution in [0.15, 0.2) is 35.8 Å². The molecule has 0 radical (unpaired) electrons. The SMILES string of the molecule is Cc1cc(NC(=O)c2cccs2)n(-c2ncc(Cl)cc2Cl)n1. The van der Waals surface area contributed by atoms with Crippen LogP contribution in [-0.4, -0.2) is 20.7 Å². The molecule has 1 N–H and O–H groups in total. The van der Waals surface area contributed by atoms with Gasteiger partial charge in [0.15, 0.2) is 5.82 Å². The number of hydrogen-bond acceptors (Lipinski definition) is 4. The van der Waals surface area contributed by atoms with E-state index in [9.17, 15) is 4.79 Å². The second kappa shape index (κ2) is 6.08. The monoisotopic (exact) mass is 352 g/mol. The molecule has 0 saturated carbocycles. The number of carbonyl (C=O) groups excluding carboxylic acids is 1. The van der Waals surface area contributed by atoms with E-state index in [0.717, 1.165) is 5.69 Å². The fraction of sp³-hybridized carbons (Fsp3) is 0.0714. The summed E-state index contributed by atoms with van der Waals surface area (Å²) in [5.74, 6) is 0.689. The Morgan fingerprint density at radius 1 is 1.36 bits per heavy atom. The molecule has 8 heteroatoms. The largest absolute Gasteiger partial charge is 0.306 e. The number of rotatable bonds is 3. The van der Waals surface area contributed by atoms with E-state index in [1.165, 1.54) is 22.2 Å². The Morgan fingerprint density at radius 3 is 2.86 bits per heavy atom. The molecule has 0 bridgehead atoms. The summed E-state index contributed by atoms with van der Waals surface area (Å²) in [5, 5.41) is 9.76. The number of aromatic nitrogens is 3. The van der Waals surface area contributed by atoms with Gasteiger partial charge in [-0.05, 0) is 24.4 Å². The Balaban J connectivity index is 1.98. The fourth-order valence-electron chi connectivity index (χ4n) is 1.90. The van der Waals surface area contributed by atoms with Crippen molar-refractivity contribution in [3.05, 3.63) is 56.5 Å². The molecule has 3 heterocycles. The van der Waals surface area contributed by atoms with Crippen LogP contribution in [0.5, 0.6) is 0 Å². The van der Waals surface area contributed by atoms with Crippen LogP contribution in [0.1, 0.15) is 15.4 Å². The number of aryl methyl sites for hydroxylation is 1. The van der Waals surface area contributed by atoms with Crippen LogP contribution in [0.2, 0.25) is 10.0 Å². The van der Waals surface area contributed by atoms with Gasteiger partial charge in [-0.3, -0.25) is 4.79 Å². The Bertz CT molecular complexity index is 829. The highest BCUT2D eigenvalue weighted by Crippen LogP contribution is 2.25. The van der Waals surface area contributed by atoms with Crippen LogP contribution in [0, 0.1) is 6.92 Å². The third-order valence-electron chi connectivity index (χ3n) is 2.81. The van der Waals surface area contributed by atoms with E-state index in [-0.39, 0.29) is 5.91 Å². The third kappa shape index (κ3) is 2.99. The number of pyridine rings is 1. The summed E-state index contributed by atoms with van der Waals surface area (Å²) in [6.07, 6.45) is 1.48. The van der Waals surface area contributed by atoms with Gasteiger partial charge in [-0.15, -0.1) is 11.3 Å². The van der Waals surface area contributed by atoms with Gasteiger partial charge in [-0.25, -0.2) is 4.98 Å². The average molecular weight is 353 g/mol. The van der Waals surface area contributed by atoms with Gasteiger partial charge >= 0.3 is 0 Å². The molecule has 0 spiro atoms. The minimum Gasteiger partial charge on any atom is -0.306 e. The first kappa shape index (κ1) is 15.0. The van der Waals surface area contributed by atoms with E-state index >= 15 is 0 Å². The van der Waals surface area contributed by atoms with E-state index in [0.29, 0.717) is 26.6 Å². The molecule has 0 aliphatic carbocycles. The standard InChI is InChI=1S/C14H10Cl2N4OS/c1-8-5-12(18-14(21)11-3-2-4-22-11)20(19-8)13-10(16)6-9(15)7-17-13/h2-7H,1H3,(H,18,21). The molecule has 1 amide bonds. The van der Waals surface area contributed by atoms with Crippen LogP contribution in [0.3, 0.4) is 0 Å². The van der Waals surface area contributed by atoms with Crippen LogP contribution >= 0.6 is 34.5 Å². The van der Waals surface area contributed by atoms with Crippen LogP contribution in [0.4, 0.5) is 5.82 Å². The van der Waals surface area contributed by atoms with Crippen molar-refractivity contribution >= 4 is 46.3 Å². The van der Waals surface area contributed by atoms with Crippen molar-refractivity contribution < 1.29 is 4.79 Å². The number of thiophene rings is 1. The molecule has 5 nitrogen and oxygen atoms in total. The molecule has 3 aromatic rings. The molecule has 0 unspecified atom stereocenters. The molecular formula is C14H10Cl2N4OS. The van der Waals surface area contributed by atoms with Crippen molar-refractivity contribution in [1.29, 1.82) is 0 Å². The molecule has 0 fully saturated rings. The quantitative estimate of drug-likeness (QED) is 0.768. The Hall–Kier alpha value is -1.89. The van der Waals surface area contributed by atoms with Gasteiger partial charge in [0.1, 0.15) is 5.82 Å². The maximum absolute atomic E-state index is 12.2. The molecule has 0 aromatic carbocycles. The second-order valence-electron chi connectivity index (χ2n) is 4.47. The summed E-state index contributed by atoms with van der Waals surface area (Å²) in [6, 6.07) is 6.90. The number of amides is 1. The molecule has 22 heavy (non-hydrogen) atoms. The zero-order valence-electron chi connectivity index (χ0n) is 11.4. The number of nitrogens with one attached hydrogen (secondary N) is 1. The average Bonchev–Trinajstić information content (AvgIpc) is 3.09. The summed E-state index contributed by atoms with van der Waals surface area (Å²) in [7, 11) is 0. The Labute approximate surface area is 140 Å². The van der Waals surface area contributed by atoms with Crippen molar-refractivity contribution in [3.8, 4) is 5.82 Å². The summed E-state index contributed by atoms with van der Waals surface area (Å²) in [4.78, 5) is 17.0.